The van der Waals surface area contributed by atoms with Crippen LogP contribution in [0.3, 0.4) is 0 Å². The fraction of sp³-hybridized carbons (Fsp3) is 0.0769. The fourth-order valence-electron chi connectivity index (χ4n) is 1.70. The van der Waals surface area contributed by atoms with Crippen LogP contribution in [0.4, 0.5) is 13.2 Å². The molecular formula is C13H8F3NaO4S. The smallest absolute Gasteiger partial charge is 0.716 e. The van der Waals surface area contributed by atoms with Gasteiger partial charge < -0.3 is 8.74 Å². The van der Waals surface area contributed by atoms with Crippen LogP contribution in [0.15, 0.2) is 48.5 Å². The van der Waals surface area contributed by atoms with Crippen molar-refractivity contribution in [2.75, 3.05) is 0 Å². The summed E-state index contributed by atoms with van der Waals surface area (Å²) in [5.74, 6) is -0.206. The standard InChI is InChI=1S/C13H9F3O4S.Na/c14-13(15,16)11-6-4-9(5-7-11)10-2-1-3-12(8-10)20-21(17,18)19;/h1-8H,(H,17,18,19);/q;+1/p-1. The van der Waals surface area contributed by atoms with E-state index in [-0.39, 0.29) is 35.3 Å². The van der Waals surface area contributed by atoms with Crippen LogP contribution in [0.1, 0.15) is 5.56 Å². The van der Waals surface area contributed by atoms with Gasteiger partial charge in [0.05, 0.1) is 5.56 Å². The Morgan fingerprint density at radius 3 is 2.05 bits per heavy atom. The average molecular weight is 340 g/mol. The zero-order valence-electron chi connectivity index (χ0n) is 11.3. The van der Waals surface area contributed by atoms with Gasteiger partial charge in [-0.1, -0.05) is 24.3 Å². The summed E-state index contributed by atoms with van der Waals surface area (Å²) in [6.45, 7) is 0. The summed E-state index contributed by atoms with van der Waals surface area (Å²) in [7, 11) is -4.90. The first kappa shape index (κ1) is 19.0. The number of halogens is 3. The first-order chi connectivity index (χ1) is 9.65. The molecule has 0 N–H and O–H groups in total. The molecule has 0 saturated heterocycles. The van der Waals surface area contributed by atoms with Crippen LogP contribution in [-0.2, 0) is 16.6 Å². The normalized spacial score (nSPS) is 11.6. The van der Waals surface area contributed by atoms with E-state index in [4.69, 9.17) is 0 Å². The number of rotatable bonds is 3. The van der Waals surface area contributed by atoms with Gasteiger partial charge in [0.1, 0.15) is 5.75 Å². The van der Waals surface area contributed by atoms with Crippen molar-refractivity contribution in [2.45, 2.75) is 6.18 Å². The van der Waals surface area contributed by atoms with Crippen molar-refractivity contribution in [2.24, 2.45) is 0 Å². The van der Waals surface area contributed by atoms with Crippen molar-refractivity contribution in [3.8, 4) is 16.9 Å². The molecule has 0 amide bonds. The Bertz CT molecular complexity index is 743. The molecule has 112 valence electrons. The van der Waals surface area contributed by atoms with Gasteiger partial charge in [0.25, 0.3) is 10.4 Å². The summed E-state index contributed by atoms with van der Waals surface area (Å²) in [4.78, 5) is 0. The van der Waals surface area contributed by atoms with Crippen molar-refractivity contribution in [1.82, 2.24) is 0 Å². The van der Waals surface area contributed by atoms with Crippen LogP contribution in [0, 0.1) is 0 Å². The third kappa shape index (κ3) is 5.29. The average Bonchev–Trinajstić information content (AvgIpc) is 2.36. The molecule has 22 heavy (non-hydrogen) atoms. The van der Waals surface area contributed by atoms with E-state index in [9.17, 15) is 26.1 Å². The molecule has 0 fully saturated rings. The Kier molecular flexibility index (Phi) is 6.05. The van der Waals surface area contributed by atoms with Crippen LogP contribution in [-0.4, -0.2) is 13.0 Å². The number of hydrogen-bond donors (Lipinski definition) is 0. The minimum atomic E-state index is -4.90. The molecule has 0 aliphatic rings. The zero-order valence-corrected chi connectivity index (χ0v) is 14.1. The fourth-order valence-corrected chi connectivity index (χ4v) is 2.04. The van der Waals surface area contributed by atoms with E-state index in [1.165, 1.54) is 30.3 Å². The van der Waals surface area contributed by atoms with Crippen molar-refractivity contribution in [1.29, 1.82) is 0 Å². The van der Waals surface area contributed by atoms with Crippen molar-refractivity contribution >= 4 is 10.4 Å². The number of hydrogen-bond acceptors (Lipinski definition) is 4. The van der Waals surface area contributed by atoms with E-state index >= 15 is 0 Å². The van der Waals surface area contributed by atoms with Crippen LogP contribution in [0.2, 0.25) is 0 Å². The maximum atomic E-state index is 12.5. The predicted molar refractivity (Wildman–Crippen MR) is 67.2 cm³/mol. The first-order valence-electron chi connectivity index (χ1n) is 5.58. The summed E-state index contributed by atoms with van der Waals surface area (Å²) in [6, 6.07) is 9.78. The predicted octanol–water partition coefficient (Wildman–Crippen LogP) is 0.215. The summed E-state index contributed by atoms with van der Waals surface area (Å²) in [6.07, 6.45) is -4.43. The molecule has 0 heterocycles. The molecule has 0 bridgehead atoms. The van der Waals surface area contributed by atoms with Gasteiger partial charge in [0.15, 0.2) is 0 Å². The molecule has 0 aromatic heterocycles. The van der Waals surface area contributed by atoms with Crippen LogP contribution < -0.4 is 33.7 Å². The molecule has 0 spiro atoms. The first-order valence-corrected chi connectivity index (χ1v) is 6.91. The van der Waals surface area contributed by atoms with Crippen LogP contribution >= 0.6 is 0 Å². The molecular weight excluding hydrogens is 332 g/mol. The Morgan fingerprint density at radius 2 is 1.55 bits per heavy atom. The van der Waals surface area contributed by atoms with Gasteiger partial charge in [0, 0.05) is 0 Å². The van der Waals surface area contributed by atoms with Gasteiger partial charge in [-0.2, -0.15) is 13.2 Å². The van der Waals surface area contributed by atoms with Crippen LogP contribution in [0.5, 0.6) is 5.75 Å². The molecule has 0 unspecified atom stereocenters. The molecule has 0 atom stereocenters. The Balaban J connectivity index is 0.00000242. The van der Waals surface area contributed by atoms with Gasteiger partial charge in [-0.05, 0) is 35.4 Å². The molecule has 4 nitrogen and oxygen atoms in total. The van der Waals surface area contributed by atoms with Gasteiger partial charge >= 0.3 is 35.7 Å². The van der Waals surface area contributed by atoms with E-state index in [0.29, 0.717) is 11.1 Å². The zero-order chi connectivity index (χ0) is 15.7. The van der Waals surface area contributed by atoms with E-state index in [1.54, 1.807) is 6.07 Å². The Hall–Kier alpha value is -1.06. The molecule has 0 aliphatic heterocycles. The SMILES string of the molecule is O=S(=O)([O-])Oc1cccc(-c2ccc(C(F)(F)F)cc2)c1.[Na+]. The summed E-state index contributed by atoms with van der Waals surface area (Å²) >= 11 is 0. The summed E-state index contributed by atoms with van der Waals surface area (Å²) in [5, 5.41) is 0. The minimum absolute atomic E-state index is 0. The second-order valence-electron chi connectivity index (χ2n) is 4.09. The Morgan fingerprint density at radius 1 is 0.955 bits per heavy atom. The molecule has 0 saturated carbocycles. The molecule has 9 heteroatoms. The maximum absolute atomic E-state index is 12.5. The number of benzene rings is 2. The topological polar surface area (TPSA) is 66.4 Å². The van der Waals surface area contributed by atoms with Gasteiger partial charge in [-0.15, -0.1) is 0 Å². The third-order valence-electron chi connectivity index (χ3n) is 2.58. The molecule has 2 aromatic carbocycles. The Labute approximate surface area is 147 Å². The molecule has 0 aliphatic carbocycles. The minimum Gasteiger partial charge on any atom is -0.716 e. The van der Waals surface area contributed by atoms with Gasteiger partial charge in [0.2, 0.25) is 0 Å². The second-order valence-corrected chi connectivity index (χ2v) is 5.08. The molecule has 0 radical (unpaired) electrons. The van der Waals surface area contributed by atoms with Crippen molar-refractivity contribution in [3.63, 3.8) is 0 Å². The third-order valence-corrected chi connectivity index (χ3v) is 2.97. The van der Waals surface area contributed by atoms with Crippen LogP contribution in [0.25, 0.3) is 11.1 Å². The van der Waals surface area contributed by atoms with E-state index in [2.05, 4.69) is 4.18 Å². The monoisotopic (exact) mass is 340 g/mol. The van der Waals surface area contributed by atoms with E-state index in [0.717, 1.165) is 12.1 Å². The summed E-state index contributed by atoms with van der Waals surface area (Å²) in [5.41, 5.74) is 0.0578. The van der Waals surface area contributed by atoms with E-state index < -0.39 is 22.1 Å². The largest absolute Gasteiger partial charge is 1.00 e. The van der Waals surface area contributed by atoms with Gasteiger partial charge in [-0.3, -0.25) is 0 Å². The van der Waals surface area contributed by atoms with E-state index in [1.807, 2.05) is 0 Å². The maximum Gasteiger partial charge on any atom is 1.00 e. The molecule has 2 aromatic rings. The van der Waals surface area contributed by atoms with Crippen molar-refractivity contribution in [3.05, 3.63) is 54.1 Å². The van der Waals surface area contributed by atoms with Crippen molar-refractivity contribution < 1.29 is 59.9 Å². The van der Waals surface area contributed by atoms with Gasteiger partial charge in [-0.25, -0.2) is 8.42 Å². The quantitative estimate of drug-likeness (QED) is 0.455. The number of alkyl halides is 3. The molecule has 2 rings (SSSR count). The summed E-state index contributed by atoms with van der Waals surface area (Å²) < 4.78 is 73.0. The second kappa shape index (κ2) is 7.01.